The lowest BCUT2D eigenvalue weighted by Crippen LogP contribution is -2.47. The van der Waals surface area contributed by atoms with Crippen molar-refractivity contribution in [2.45, 2.75) is 56.0 Å². The number of nitrogens with zero attached hydrogens (tertiary/aromatic N) is 1. The Hall–Kier alpha value is -0.170. The maximum absolute atomic E-state index is 11.9. The van der Waals surface area contributed by atoms with Crippen molar-refractivity contribution in [3.63, 3.8) is 0 Å². The minimum absolute atomic E-state index is 0.103. The molecule has 0 spiro atoms. The van der Waals surface area contributed by atoms with Crippen molar-refractivity contribution in [3.8, 4) is 0 Å². The van der Waals surface area contributed by atoms with Gasteiger partial charge in [-0.15, -0.1) is 0 Å². The second-order valence-electron chi connectivity index (χ2n) is 7.09. The standard InChI is InChI=1S/C14H25N3O2S/c1-9(6-16-20(18,19)10-2-3-10)17-13-4-5-14(17)12-8-15-7-11(12)13/h9-16H,2-8H2,1H3/t9?,11-,12+,13-,14+. The van der Waals surface area contributed by atoms with Gasteiger partial charge in [0.2, 0.25) is 10.0 Å². The topological polar surface area (TPSA) is 61.4 Å². The van der Waals surface area contributed by atoms with Crippen molar-refractivity contribution < 1.29 is 8.42 Å². The fraction of sp³-hybridized carbons (Fsp3) is 1.00. The molecule has 2 bridgehead atoms. The number of sulfonamides is 1. The van der Waals surface area contributed by atoms with E-state index in [4.69, 9.17) is 0 Å². The quantitative estimate of drug-likeness (QED) is 0.758. The summed E-state index contributed by atoms with van der Waals surface area (Å²) in [6.45, 7) is 5.08. The second-order valence-corrected chi connectivity index (χ2v) is 9.13. The summed E-state index contributed by atoms with van der Waals surface area (Å²) in [5, 5.41) is 3.42. The van der Waals surface area contributed by atoms with Crippen LogP contribution < -0.4 is 10.0 Å². The van der Waals surface area contributed by atoms with E-state index in [2.05, 4.69) is 21.9 Å². The molecule has 2 N–H and O–H groups in total. The molecule has 0 aromatic carbocycles. The minimum atomic E-state index is -3.03. The monoisotopic (exact) mass is 299 g/mol. The Bertz CT molecular complexity index is 473. The van der Waals surface area contributed by atoms with Gasteiger partial charge >= 0.3 is 0 Å². The summed E-state index contributed by atoms with van der Waals surface area (Å²) >= 11 is 0. The molecule has 4 rings (SSSR count). The van der Waals surface area contributed by atoms with Gasteiger partial charge in [0, 0.05) is 24.7 Å². The Morgan fingerprint density at radius 3 is 2.30 bits per heavy atom. The SMILES string of the molecule is CC(CNS(=O)(=O)C1CC1)N1[C@@H]2CC[C@H]1[C@H]1CNC[C@H]12. The molecule has 3 heterocycles. The Balaban J connectivity index is 1.41. The number of hydrogen-bond donors (Lipinski definition) is 2. The fourth-order valence-electron chi connectivity index (χ4n) is 4.81. The highest BCUT2D eigenvalue weighted by Crippen LogP contribution is 2.48. The van der Waals surface area contributed by atoms with Crippen LogP contribution in [-0.4, -0.2) is 56.3 Å². The molecule has 5 nitrogen and oxygen atoms in total. The molecule has 3 aliphatic heterocycles. The van der Waals surface area contributed by atoms with E-state index in [0.717, 1.165) is 37.8 Å². The summed E-state index contributed by atoms with van der Waals surface area (Å²) in [7, 11) is -3.03. The molecular formula is C14H25N3O2S. The van der Waals surface area contributed by atoms with Crippen LogP contribution in [0.4, 0.5) is 0 Å². The summed E-state index contributed by atoms with van der Waals surface area (Å²) in [6, 6.07) is 1.69. The van der Waals surface area contributed by atoms with E-state index in [9.17, 15) is 8.42 Å². The molecule has 4 fully saturated rings. The third kappa shape index (κ3) is 2.03. The lowest BCUT2D eigenvalue weighted by Gasteiger charge is -2.31. The summed E-state index contributed by atoms with van der Waals surface area (Å²) in [5.74, 6) is 1.60. The Kier molecular flexibility index (Phi) is 3.15. The molecule has 1 saturated carbocycles. The lowest BCUT2D eigenvalue weighted by molar-refractivity contribution is 0.169. The molecule has 6 heteroatoms. The van der Waals surface area contributed by atoms with E-state index in [1.807, 2.05) is 0 Å². The smallest absolute Gasteiger partial charge is 0.214 e. The van der Waals surface area contributed by atoms with Gasteiger partial charge in [0.05, 0.1) is 5.25 Å². The molecule has 5 atom stereocenters. The molecule has 0 amide bonds. The predicted octanol–water partition coefficient (Wildman–Crippen LogP) is 0.139. The highest BCUT2D eigenvalue weighted by Gasteiger charge is 2.55. The molecule has 4 aliphatic rings. The Morgan fingerprint density at radius 2 is 1.75 bits per heavy atom. The van der Waals surface area contributed by atoms with E-state index in [1.165, 1.54) is 12.8 Å². The highest BCUT2D eigenvalue weighted by molar-refractivity contribution is 7.90. The second kappa shape index (κ2) is 4.66. The average molecular weight is 299 g/mol. The van der Waals surface area contributed by atoms with Crippen LogP contribution in [0.3, 0.4) is 0 Å². The maximum Gasteiger partial charge on any atom is 0.214 e. The highest BCUT2D eigenvalue weighted by atomic mass is 32.2. The molecular weight excluding hydrogens is 274 g/mol. The number of fused-ring (bicyclic) bond motifs is 5. The molecule has 1 unspecified atom stereocenters. The van der Waals surface area contributed by atoms with Crippen LogP contribution >= 0.6 is 0 Å². The Labute approximate surface area is 121 Å². The molecule has 20 heavy (non-hydrogen) atoms. The zero-order chi connectivity index (χ0) is 13.9. The van der Waals surface area contributed by atoms with Crippen molar-refractivity contribution in [2.24, 2.45) is 11.8 Å². The van der Waals surface area contributed by atoms with Gasteiger partial charge in [0.1, 0.15) is 0 Å². The van der Waals surface area contributed by atoms with Crippen LogP contribution in [0.2, 0.25) is 0 Å². The fourth-order valence-corrected chi connectivity index (χ4v) is 6.28. The van der Waals surface area contributed by atoms with Gasteiger partial charge in [-0.25, -0.2) is 13.1 Å². The maximum atomic E-state index is 11.9. The van der Waals surface area contributed by atoms with Gasteiger partial charge in [-0.05, 0) is 57.5 Å². The molecule has 0 aromatic heterocycles. The first-order chi connectivity index (χ1) is 9.58. The van der Waals surface area contributed by atoms with Gasteiger partial charge in [-0.1, -0.05) is 0 Å². The van der Waals surface area contributed by atoms with E-state index in [1.54, 1.807) is 0 Å². The van der Waals surface area contributed by atoms with Gasteiger partial charge in [0.25, 0.3) is 0 Å². The number of nitrogens with one attached hydrogen (secondary N) is 2. The van der Waals surface area contributed by atoms with Crippen LogP contribution in [0.25, 0.3) is 0 Å². The first-order valence-electron chi connectivity index (χ1n) is 8.04. The van der Waals surface area contributed by atoms with Gasteiger partial charge < -0.3 is 5.32 Å². The van der Waals surface area contributed by atoms with Crippen LogP contribution in [-0.2, 0) is 10.0 Å². The van der Waals surface area contributed by atoms with Crippen LogP contribution in [0.1, 0.15) is 32.6 Å². The normalized spacial score (nSPS) is 42.0. The van der Waals surface area contributed by atoms with E-state index >= 15 is 0 Å². The number of hydrogen-bond acceptors (Lipinski definition) is 4. The van der Waals surface area contributed by atoms with Crippen molar-refractivity contribution in [1.82, 2.24) is 14.9 Å². The largest absolute Gasteiger partial charge is 0.316 e. The Morgan fingerprint density at radius 1 is 1.15 bits per heavy atom. The summed E-state index contributed by atoms with van der Waals surface area (Å²) < 4.78 is 26.7. The van der Waals surface area contributed by atoms with Crippen molar-refractivity contribution in [1.29, 1.82) is 0 Å². The summed E-state index contributed by atoms with van der Waals surface area (Å²) in [5.41, 5.74) is 0. The van der Waals surface area contributed by atoms with Crippen LogP contribution in [0, 0.1) is 11.8 Å². The minimum Gasteiger partial charge on any atom is -0.316 e. The van der Waals surface area contributed by atoms with Gasteiger partial charge in [-0.2, -0.15) is 0 Å². The average Bonchev–Trinajstić information content (AvgIpc) is 2.94. The molecule has 3 saturated heterocycles. The molecule has 0 aromatic rings. The van der Waals surface area contributed by atoms with E-state index in [0.29, 0.717) is 24.7 Å². The first kappa shape index (κ1) is 13.5. The van der Waals surface area contributed by atoms with Crippen molar-refractivity contribution >= 4 is 10.0 Å². The van der Waals surface area contributed by atoms with Crippen molar-refractivity contribution in [2.75, 3.05) is 19.6 Å². The van der Waals surface area contributed by atoms with E-state index < -0.39 is 10.0 Å². The number of rotatable bonds is 5. The van der Waals surface area contributed by atoms with Gasteiger partial charge in [-0.3, -0.25) is 4.90 Å². The first-order valence-corrected chi connectivity index (χ1v) is 9.59. The molecule has 1 aliphatic carbocycles. The van der Waals surface area contributed by atoms with Crippen molar-refractivity contribution in [3.05, 3.63) is 0 Å². The zero-order valence-corrected chi connectivity index (χ0v) is 12.9. The van der Waals surface area contributed by atoms with Gasteiger partial charge in [0.15, 0.2) is 0 Å². The molecule has 114 valence electrons. The summed E-state index contributed by atoms with van der Waals surface area (Å²) in [6.07, 6.45) is 4.28. The lowest BCUT2D eigenvalue weighted by atomic mass is 9.82. The summed E-state index contributed by atoms with van der Waals surface area (Å²) in [4.78, 5) is 2.63. The zero-order valence-electron chi connectivity index (χ0n) is 12.1. The van der Waals surface area contributed by atoms with Crippen LogP contribution in [0.15, 0.2) is 0 Å². The van der Waals surface area contributed by atoms with E-state index in [-0.39, 0.29) is 5.25 Å². The third-order valence-electron chi connectivity index (χ3n) is 5.87. The third-order valence-corrected chi connectivity index (χ3v) is 7.79. The molecule has 0 radical (unpaired) electrons. The van der Waals surface area contributed by atoms with Crippen LogP contribution in [0.5, 0.6) is 0 Å². The predicted molar refractivity (Wildman–Crippen MR) is 77.9 cm³/mol.